The lowest BCUT2D eigenvalue weighted by Gasteiger charge is -2.31. The topological polar surface area (TPSA) is 65.4 Å². The molecule has 0 unspecified atom stereocenters. The second-order valence-electron chi connectivity index (χ2n) is 8.31. The minimum absolute atomic E-state index is 0.0202. The first-order valence-electron chi connectivity index (χ1n) is 10.9. The van der Waals surface area contributed by atoms with Crippen LogP contribution in [0.25, 0.3) is 0 Å². The van der Waals surface area contributed by atoms with Crippen molar-refractivity contribution in [2.45, 2.75) is 44.9 Å². The third-order valence-electron chi connectivity index (χ3n) is 6.33. The van der Waals surface area contributed by atoms with E-state index < -0.39 is 0 Å². The maximum Gasteiger partial charge on any atom is 0.226 e. The number of carbonyl (C=O) groups excluding carboxylic acids is 1. The summed E-state index contributed by atoms with van der Waals surface area (Å²) in [6.45, 7) is 2.88. The molecular weight excluding hydrogens is 394 g/mol. The molecule has 6 heteroatoms. The lowest BCUT2D eigenvalue weighted by Crippen LogP contribution is -2.36. The van der Waals surface area contributed by atoms with Crippen molar-refractivity contribution in [3.8, 4) is 11.8 Å². The number of amides is 1. The van der Waals surface area contributed by atoms with Crippen LogP contribution in [0, 0.1) is 17.2 Å². The molecular formula is C24H29N3O2S. The lowest BCUT2D eigenvalue weighted by molar-refractivity contribution is -0.116. The monoisotopic (exact) mass is 423 g/mol. The first kappa shape index (κ1) is 20.9. The van der Waals surface area contributed by atoms with Crippen LogP contribution in [0.1, 0.15) is 47.3 Å². The number of hydrogen-bond donors (Lipinski definition) is 1. The molecule has 4 rings (SSSR count). The molecule has 0 radical (unpaired) electrons. The van der Waals surface area contributed by atoms with Gasteiger partial charge in [0.15, 0.2) is 0 Å². The second kappa shape index (κ2) is 9.63. The van der Waals surface area contributed by atoms with Crippen molar-refractivity contribution in [1.29, 1.82) is 5.26 Å². The van der Waals surface area contributed by atoms with Crippen molar-refractivity contribution in [2.24, 2.45) is 5.92 Å². The van der Waals surface area contributed by atoms with Crippen LogP contribution in [-0.2, 0) is 24.1 Å². The second-order valence-corrected chi connectivity index (χ2v) is 9.41. The molecule has 30 heavy (non-hydrogen) atoms. The summed E-state index contributed by atoms with van der Waals surface area (Å²) in [5.41, 5.74) is 3.22. The van der Waals surface area contributed by atoms with Gasteiger partial charge in [-0.05, 0) is 80.8 Å². The number of methoxy groups -OCH3 is 1. The zero-order valence-corrected chi connectivity index (χ0v) is 18.4. The molecule has 0 saturated carbocycles. The Kier molecular flexibility index (Phi) is 6.71. The van der Waals surface area contributed by atoms with Gasteiger partial charge in [-0.1, -0.05) is 12.1 Å². The van der Waals surface area contributed by atoms with E-state index in [0.29, 0.717) is 17.9 Å². The molecule has 1 aliphatic heterocycles. The zero-order valence-electron chi connectivity index (χ0n) is 17.6. The number of piperidine rings is 1. The molecule has 1 amide bonds. The number of benzene rings is 1. The van der Waals surface area contributed by atoms with Crippen molar-refractivity contribution < 1.29 is 9.53 Å². The Morgan fingerprint density at radius 2 is 2.03 bits per heavy atom. The van der Waals surface area contributed by atoms with Gasteiger partial charge in [-0.15, -0.1) is 11.3 Å². The molecule has 1 fully saturated rings. The fraction of sp³-hybridized carbons (Fsp3) is 0.500. The summed E-state index contributed by atoms with van der Waals surface area (Å²) >= 11 is 1.59. The molecule has 2 heterocycles. The first-order valence-corrected chi connectivity index (χ1v) is 11.7. The molecule has 1 aromatic carbocycles. The Bertz CT molecular complexity index is 921. The van der Waals surface area contributed by atoms with Crippen molar-refractivity contribution >= 4 is 22.2 Å². The molecule has 5 nitrogen and oxygen atoms in total. The first-order chi connectivity index (χ1) is 14.7. The van der Waals surface area contributed by atoms with Crippen molar-refractivity contribution in [3.05, 3.63) is 45.8 Å². The summed E-state index contributed by atoms with van der Waals surface area (Å²) in [4.78, 5) is 16.1. The van der Waals surface area contributed by atoms with E-state index in [4.69, 9.17) is 4.74 Å². The smallest absolute Gasteiger partial charge is 0.226 e. The van der Waals surface area contributed by atoms with Gasteiger partial charge in [0.25, 0.3) is 0 Å². The van der Waals surface area contributed by atoms with E-state index in [9.17, 15) is 10.1 Å². The van der Waals surface area contributed by atoms with Gasteiger partial charge in [0.1, 0.15) is 16.8 Å². The van der Waals surface area contributed by atoms with Gasteiger partial charge in [-0.3, -0.25) is 4.79 Å². The molecule has 2 aromatic rings. The van der Waals surface area contributed by atoms with Crippen LogP contribution in [0.2, 0.25) is 0 Å². The van der Waals surface area contributed by atoms with E-state index in [1.807, 2.05) is 12.1 Å². The summed E-state index contributed by atoms with van der Waals surface area (Å²) in [7, 11) is 1.69. The Balaban J connectivity index is 1.20. The summed E-state index contributed by atoms with van der Waals surface area (Å²) in [5, 5.41) is 13.2. The summed E-state index contributed by atoms with van der Waals surface area (Å²) < 4.78 is 5.23. The standard InChI is InChI=1S/C24H29N3O2S/c1-29-19-7-5-17(6-8-19)15-18-9-12-27(13-10-18)14-11-23(28)26-24-21(16-25)20-3-2-4-22(20)30-24/h5-8,18H,2-4,9-15H2,1H3,(H,26,28). The number of rotatable bonds is 7. The van der Waals surface area contributed by atoms with Crippen molar-refractivity contribution in [3.63, 3.8) is 0 Å². The van der Waals surface area contributed by atoms with Gasteiger partial charge in [0, 0.05) is 17.8 Å². The quantitative estimate of drug-likeness (QED) is 0.717. The lowest BCUT2D eigenvalue weighted by atomic mass is 9.90. The predicted octanol–water partition coefficient (Wildman–Crippen LogP) is 4.40. The molecule has 1 N–H and O–H groups in total. The summed E-state index contributed by atoms with van der Waals surface area (Å²) in [6.07, 6.45) is 7.06. The van der Waals surface area contributed by atoms with E-state index in [-0.39, 0.29) is 5.91 Å². The molecule has 0 bridgehead atoms. The van der Waals surface area contributed by atoms with Gasteiger partial charge in [0.2, 0.25) is 5.91 Å². The van der Waals surface area contributed by atoms with Gasteiger partial charge in [-0.25, -0.2) is 0 Å². The minimum Gasteiger partial charge on any atom is -0.497 e. The van der Waals surface area contributed by atoms with Gasteiger partial charge >= 0.3 is 0 Å². The number of carbonyl (C=O) groups is 1. The summed E-state index contributed by atoms with van der Waals surface area (Å²) in [6, 6.07) is 10.7. The Morgan fingerprint density at radius 3 is 2.73 bits per heavy atom. The average molecular weight is 424 g/mol. The van der Waals surface area contributed by atoms with E-state index in [0.717, 1.165) is 61.6 Å². The number of nitrogens with zero attached hydrogens (tertiary/aromatic N) is 2. The number of anilines is 1. The minimum atomic E-state index is 0.0202. The van der Waals surface area contributed by atoms with Crippen LogP contribution in [0.5, 0.6) is 5.75 Å². The molecule has 1 saturated heterocycles. The average Bonchev–Trinajstić information content (AvgIpc) is 3.34. The molecule has 158 valence electrons. The van der Waals surface area contributed by atoms with Gasteiger partial charge < -0.3 is 15.0 Å². The third kappa shape index (κ3) is 4.85. The maximum atomic E-state index is 12.5. The van der Waals surface area contributed by atoms with Crippen molar-refractivity contribution in [2.75, 3.05) is 32.1 Å². The van der Waals surface area contributed by atoms with Crippen LogP contribution in [0.4, 0.5) is 5.00 Å². The molecule has 2 aliphatic rings. The van der Waals surface area contributed by atoms with E-state index in [2.05, 4.69) is 28.4 Å². The highest BCUT2D eigenvalue weighted by Crippen LogP contribution is 2.38. The van der Waals surface area contributed by atoms with E-state index in [1.165, 1.54) is 23.3 Å². The van der Waals surface area contributed by atoms with E-state index in [1.54, 1.807) is 18.4 Å². The van der Waals surface area contributed by atoms with Crippen LogP contribution in [-0.4, -0.2) is 37.6 Å². The third-order valence-corrected chi connectivity index (χ3v) is 7.54. The van der Waals surface area contributed by atoms with Crippen LogP contribution in [0.15, 0.2) is 24.3 Å². The Hall–Kier alpha value is -2.36. The fourth-order valence-electron chi connectivity index (χ4n) is 4.57. The van der Waals surface area contributed by atoms with Gasteiger partial charge in [-0.2, -0.15) is 5.26 Å². The Morgan fingerprint density at radius 1 is 1.27 bits per heavy atom. The predicted molar refractivity (Wildman–Crippen MR) is 120 cm³/mol. The fourth-order valence-corrected chi connectivity index (χ4v) is 5.82. The number of ether oxygens (including phenoxy) is 1. The molecule has 1 aromatic heterocycles. The number of fused-ring (bicyclic) bond motifs is 1. The largest absolute Gasteiger partial charge is 0.497 e. The number of likely N-dealkylation sites (tertiary alicyclic amines) is 1. The molecule has 1 aliphatic carbocycles. The van der Waals surface area contributed by atoms with Crippen molar-refractivity contribution in [1.82, 2.24) is 4.90 Å². The highest BCUT2D eigenvalue weighted by Gasteiger charge is 2.24. The summed E-state index contributed by atoms with van der Waals surface area (Å²) in [5.74, 6) is 1.63. The van der Waals surface area contributed by atoms with Gasteiger partial charge in [0.05, 0.1) is 12.7 Å². The van der Waals surface area contributed by atoms with Crippen LogP contribution < -0.4 is 10.1 Å². The van der Waals surface area contributed by atoms with Crippen LogP contribution in [0.3, 0.4) is 0 Å². The number of hydrogen-bond acceptors (Lipinski definition) is 5. The van der Waals surface area contributed by atoms with Crippen LogP contribution >= 0.6 is 11.3 Å². The molecule has 0 spiro atoms. The zero-order chi connectivity index (χ0) is 20.9. The molecule has 0 atom stereocenters. The number of nitrogens with one attached hydrogen (secondary N) is 1. The van der Waals surface area contributed by atoms with E-state index >= 15 is 0 Å². The highest BCUT2D eigenvalue weighted by atomic mass is 32.1. The normalized spacial score (nSPS) is 16.8. The SMILES string of the molecule is COc1ccc(CC2CCN(CCC(=O)Nc3sc4c(c3C#N)CCC4)CC2)cc1. The number of aryl methyl sites for hydroxylation is 1. The highest BCUT2D eigenvalue weighted by molar-refractivity contribution is 7.16. The number of nitriles is 1. The maximum absolute atomic E-state index is 12.5. The Labute approximate surface area is 182 Å². The number of thiophene rings is 1.